The summed E-state index contributed by atoms with van der Waals surface area (Å²) in [5, 5.41) is 0. The number of imidazole rings is 1. The minimum atomic E-state index is -0.508. The molecule has 1 aromatic heterocycles. The highest BCUT2D eigenvalue weighted by Gasteiger charge is 2.52. The number of hydrogen-bond acceptors (Lipinski definition) is 1. The smallest absolute Gasteiger partial charge is 0.123 e. The van der Waals surface area contributed by atoms with Gasteiger partial charge in [-0.3, -0.25) is 0 Å². The summed E-state index contributed by atoms with van der Waals surface area (Å²) in [5.41, 5.74) is 2.31. The average molecular weight is 281 g/mol. The molecule has 0 N–H and O–H groups in total. The lowest BCUT2D eigenvalue weighted by molar-refractivity contribution is 0.607. The third kappa shape index (κ3) is 1.74. The van der Waals surface area contributed by atoms with Gasteiger partial charge in [0, 0.05) is 18.4 Å². The van der Waals surface area contributed by atoms with E-state index in [1.807, 2.05) is 6.07 Å². The zero-order valence-corrected chi connectivity index (χ0v) is 11.5. The fourth-order valence-corrected chi connectivity index (χ4v) is 3.14. The van der Waals surface area contributed by atoms with Crippen molar-refractivity contribution in [3.8, 4) is 0 Å². The molecule has 0 saturated heterocycles. The third-order valence-corrected chi connectivity index (χ3v) is 4.91. The summed E-state index contributed by atoms with van der Waals surface area (Å²) in [4.78, 5) is 4.78. The molecule has 0 spiro atoms. The quantitative estimate of drug-likeness (QED) is 0.774. The van der Waals surface area contributed by atoms with Gasteiger partial charge in [0.25, 0.3) is 0 Å². The SMILES string of the molecule is ClC1(Cl)C[C@H]1Cn1c(C2CC2)nc2ccccc21. The lowest BCUT2D eigenvalue weighted by Crippen LogP contribution is -2.07. The molecule has 1 aromatic carbocycles. The topological polar surface area (TPSA) is 17.8 Å². The Balaban J connectivity index is 1.78. The average Bonchev–Trinajstić information content (AvgIpc) is 3.23. The minimum absolute atomic E-state index is 0.371. The molecule has 0 bridgehead atoms. The summed E-state index contributed by atoms with van der Waals surface area (Å²) in [6.07, 6.45) is 3.43. The van der Waals surface area contributed by atoms with Crippen molar-refractivity contribution in [3.63, 3.8) is 0 Å². The lowest BCUT2D eigenvalue weighted by atomic mass is 10.3. The van der Waals surface area contributed by atoms with Crippen molar-refractivity contribution in [3.05, 3.63) is 30.1 Å². The Bertz CT molecular complexity index is 613. The zero-order valence-electron chi connectivity index (χ0n) is 9.94. The Hall–Kier alpha value is -0.730. The molecule has 2 aliphatic carbocycles. The molecule has 4 heteroatoms. The first kappa shape index (κ1) is 11.1. The van der Waals surface area contributed by atoms with Gasteiger partial charge in [-0.05, 0) is 31.4 Å². The summed E-state index contributed by atoms with van der Waals surface area (Å²) in [6, 6.07) is 8.33. The molecular weight excluding hydrogens is 267 g/mol. The van der Waals surface area contributed by atoms with E-state index in [2.05, 4.69) is 22.8 Å². The Kier molecular flexibility index (Phi) is 2.25. The van der Waals surface area contributed by atoms with Gasteiger partial charge in [-0.2, -0.15) is 0 Å². The highest BCUT2D eigenvalue weighted by atomic mass is 35.5. The molecule has 1 heterocycles. The summed E-state index contributed by atoms with van der Waals surface area (Å²) in [5.74, 6) is 2.25. The van der Waals surface area contributed by atoms with Gasteiger partial charge in [-0.15, -0.1) is 23.2 Å². The number of benzene rings is 1. The second-order valence-electron chi connectivity index (χ2n) is 5.51. The molecule has 2 fully saturated rings. The van der Waals surface area contributed by atoms with Gasteiger partial charge in [0.1, 0.15) is 10.2 Å². The highest BCUT2D eigenvalue weighted by molar-refractivity contribution is 6.50. The molecule has 4 rings (SSSR count). The van der Waals surface area contributed by atoms with E-state index in [1.165, 1.54) is 24.2 Å². The Morgan fingerprint density at radius 2 is 2.00 bits per heavy atom. The van der Waals surface area contributed by atoms with E-state index < -0.39 is 4.33 Å². The van der Waals surface area contributed by atoms with Crippen LogP contribution in [-0.2, 0) is 6.54 Å². The van der Waals surface area contributed by atoms with Crippen molar-refractivity contribution in [2.45, 2.75) is 36.1 Å². The number of hydrogen-bond donors (Lipinski definition) is 0. The Morgan fingerprint density at radius 1 is 1.28 bits per heavy atom. The number of fused-ring (bicyclic) bond motifs is 1. The second-order valence-corrected chi connectivity index (χ2v) is 7.05. The molecule has 94 valence electrons. The minimum Gasteiger partial charge on any atom is -0.327 e. The van der Waals surface area contributed by atoms with Crippen LogP contribution >= 0.6 is 23.2 Å². The molecule has 0 amide bonds. The van der Waals surface area contributed by atoms with Crippen molar-refractivity contribution in [2.75, 3.05) is 0 Å². The van der Waals surface area contributed by atoms with Crippen LogP contribution in [0.15, 0.2) is 24.3 Å². The molecule has 1 atom stereocenters. The van der Waals surface area contributed by atoms with E-state index in [0.29, 0.717) is 11.8 Å². The molecule has 0 radical (unpaired) electrons. The van der Waals surface area contributed by atoms with E-state index in [1.54, 1.807) is 0 Å². The fourth-order valence-electron chi connectivity index (χ4n) is 2.63. The maximum Gasteiger partial charge on any atom is 0.123 e. The summed E-state index contributed by atoms with van der Waals surface area (Å²) >= 11 is 12.3. The van der Waals surface area contributed by atoms with Crippen LogP contribution in [0.4, 0.5) is 0 Å². The normalized spacial score (nSPS) is 25.6. The molecule has 2 aromatic rings. The van der Waals surface area contributed by atoms with E-state index in [9.17, 15) is 0 Å². The monoisotopic (exact) mass is 280 g/mol. The van der Waals surface area contributed by atoms with Gasteiger partial charge in [0.15, 0.2) is 0 Å². The number of aromatic nitrogens is 2. The van der Waals surface area contributed by atoms with E-state index in [4.69, 9.17) is 28.2 Å². The molecule has 2 aliphatic rings. The first-order chi connectivity index (χ1) is 8.65. The lowest BCUT2D eigenvalue weighted by Gasteiger charge is -2.08. The van der Waals surface area contributed by atoms with Crippen molar-refractivity contribution in [1.29, 1.82) is 0 Å². The highest BCUT2D eigenvalue weighted by Crippen LogP contribution is 2.54. The van der Waals surface area contributed by atoms with Crippen LogP contribution in [0.2, 0.25) is 0 Å². The van der Waals surface area contributed by atoms with Crippen LogP contribution in [0.25, 0.3) is 11.0 Å². The fraction of sp³-hybridized carbons (Fsp3) is 0.500. The second kappa shape index (κ2) is 3.64. The van der Waals surface area contributed by atoms with Crippen molar-refractivity contribution < 1.29 is 0 Å². The maximum atomic E-state index is 6.15. The van der Waals surface area contributed by atoms with Gasteiger partial charge < -0.3 is 4.57 Å². The first-order valence-corrected chi connectivity index (χ1v) is 7.24. The molecule has 0 aliphatic heterocycles. The molecule has 18 heavy (non-hydrogen) atoms. The Labute approximate surface area is 116 Å². The summed E-state index contributed by atoms with van der Waals surface area (Å²) in [7, 11) is 0. The molecule has 2 nitrogen and oxygen atoms in total. The van der Waals surface area contributed by atoms with Crippen molar-refractivity contribution in [1.82, 2.24) is 9.55 Å². The predicted molar refractivity (Wildman–Crippen MR) is 74.3 cm³/mol. The van der Waals surface area contributed by atoms with E-state index >= 15 is 0 Å². The number of nitrogens with zero attached hydrogens (tertiary/aromatic N) is 2. The van der Waals surface area contributed by atoms with Gasteiger partial charge >= 0.3 is 0 Å². The van der Waals surface area contributed by atoms with Gasteiger partial charge in [0.05, 0.1) is 11.0 Å². The number of halogens is 2. The molecular formula is C14H14Cl2N2. The van der Waals surface area contributed by atoms with Crippen LogP contribution in [0.1, 0.15) is 31.0 Å². The number of para-hydroxylation sites is 2. The first-order valence-electron chi connectivity index (χ1n) is 6.48. The van der Waals surface area contributed by atoms with Crippen LogP contribution < -0.4 is 0 Å². The number of rotatable bonds is 3. The predicted octanol–water partition coefficient (Wildman–Crippen LogP) is 4.11. The van der Waals surface area contributed by atoms with Gasteiger partial charge in [-0.25, -0.2) is 4.98 Å². The summed E-state index contributed by atoms with van der Waals surface area (Å²) < 4.78 is 1.83. The number of alkyl halides is 2. The molecule has 0 unspecified atom stereocenters. The summed E-state index contributed by atoms with van der Waals surface area (Å²) in [6.45, 7) is 0.902. The largest absolute Gasteiger partial charge is 0.327 e. The van der Waals surface area contributed by atoms with Crippen molar-refractivity contribution in [2.24, 2.45) is 5.92 Å². The zero-order chi connectivity index (χ0) is 12.3. The maximum absolute atomic E-state index is 6.15. The van der Waals surface area contributed by atoms with E-state index in [0.717, 1.165) is 18.5 Å². The third-order valence-electron chi connectivity index (χ3n) is 3.99. The van der Waals surface area contributed by atoms with Crippen LogP contribution in [0, 0.1) is 5.92 Å². The van der Waals surface area contributed by atoms with Crippen LogP contribution in [0.5, 0.6) is 0 Å². The Morgan fingerprint density at radius 3 is 2.67 bits per heavy atom. The van der Waals surface area contributed by atoms with Gasteiger partial charge in [0.2, 0.25) is 0 Å². The van der Waals surface area contributed by atoms with Crippen molar-refractivity contribution >= 4 is 34.2 Å². The molecule has 2 saturated carbocycles. The van der Waals surface area contributed by atoms with Crippen LogP contribution in [0.3, 0.4) is 0 Å². The van der Waals surface area contributed by atoms with Crippen LogP contribution in [-0.4, -0.2) is 13.9 Å². The standard InChI is InChI=1S/C14H14Cl2N2/c15-14(16)7-10(14)8-18-12-4-2-1-3-11(12)17-13(18)9-5-6-9/h1-4,9-10H,5-8H2/t10-/m0/s1. The van der Waals surface area contributed by atoms with E-state index in [-0.39, 0.29) is 0 Å². The van der Waals surface area contributed by atoms with Gasteiger partial charge in [-0.1, -0.05) is 12.1 Å².